The Labute approximate surface area is 102 Å². The van der Waals surface area contributed by atoms with E-state index >= 15 is 0 Å². The van der Waals surface area contributed by atoms with Crippen LogP contribution in [0, 0.1) is 23.7 Å². The van der Waals surface area contributed by atoms with Crippen LogP contribution in [0.1, 0.15) is 32.1 Å². The lowest BCUT2D eigenvalue weighted by atomic mass is 9.65. The minimum absolute atomic E-state index is 0.166. The molecule has 0 N–H and O–H groups in total. The molecule has 0 aliphatic heterocycles. The summed E-state index contributed by atoms with van der Waals surface area (Å²) >= 11 is 0. The number of hydrogen-bond donors (Lipinski definition) is 0. The topological polar surface area (TPSA) is 60.4 Å². The van der Waals surface area contributed by atoms with Gasteiger partial charge in [-0.15, -0.1) is 0 Å². The highest BCUT2D eigenvalue weighted by atomic mass is 32.2. The SMILES string of the molecule is CS(=O)(=O)OC1C2CC3CCC1C(=O)C(C3)C2. The van der Waals surface area contributed by atoms with Gasteiger partial charge in [-0.05, 0) is 43.9 Å². The van der Waals surface area contributed by atoms with Crippen LogP contribution in [0.4, 0.5) is 0 Å². The smallest absolute Gasteiger partial charge is 0.264 e. The van der Waals surface area contributed by atoms with Crippen LogP contribution in [0.2, 0.25) is 0 Å². The Kier molecular flexibility index (Phi) is 2.60. The molecule has 4 fully saturated rings. The van der Waals surface area contributed by atoms with Crippen molar-refractivity contribution in [1.82, 2.24) is 0 Å². The largest absolute Gasteiger partial charge is 0.299 e. The van der Waals surface area contributed by atoms with Crippen molar-refractivity contribution < 1.29 is 17.4 Å². The fourth-order valence-electron chi connectivity index (χ4n) is 4.08. The van der Waals surface area contributed by atoms with E-state index in [-0.39, 0.29) is 29.6 Å². The van der Waals surface area contributed by atoms with E-state index in [4.69, 9.17) is 4.18 Å². The van der Waals surface area contributed by atoms with Gasteiger partial charge in [0.25, 0.3) is 10.1 Å². The van der Waals surface area contributed by atoms with E-state index in [1.54, 1.807) is 0 Å². The Balaban J connectivity index is 1.92. The quantitative estimate of drug-likeness (QED) is 0.702. The predicted octanol–water partition coefficient (Wildman–Crippen LogP) is 1.36. The summed E-state index contributed by atoms with van der Waals surface area (Å²) in [5.41, 5.74) is 0. The van der Waals surface area contributed by atoms with E-state index in [1.807, 2.05) is 0 Å². The van der Waals surface area contributed by atoms with Crippen molar-refractivity contribution in [3.63, 3.8) is 0 Å². The molecule has 4 aliphatic carbocycles. The molecule has 0 aromatic carbocycles. The number of Topliss-reactive ketones (excluding diaryl/α,β-unsaturated/α-hetero) is 1. The Morgan fingerprint density at radius 3 is 2.65 bits per heavy atom. The predicted molar refractivity (Wildman–Crippen MR) is 61.8 cm³/mol. The van der Waals surface area contributed by atoms with Crippen LogP contribution in [0.15, 0.2) is 0 Å². The molecular weight excluding hydrogens is 240 g/mol. The summed E-state index contributed by atoms with van der Waals surface area (Å²) in [5.74, 6) is 1.17. The lowest BCUT2D eigenvalue weighted by Crippen LogP contribution is -2.47. The summed E-state index contributed by atoms with van der Waals surface area (Å²) in [6.45, 7) is 0. The summed E-state index contributed by atoms with van der Waals surface area (Å²) in [6.07, 6.45) is 5.49. The van der Waals surface area contributed by atoms with Gasteiger partial charge in [0, 0.05) is 11.8 Å². The highest BCUT2D eigenvalue weighted by Gasteiger charge is 2.51. The lowest BCUT2D eigenvalue weighted by Gasteiger charge is -2.42. The maximum atomic E-state index is 12.2. The molecule has 5 atom stereocenters. The highest BCUT2D eigenvalue weighted by Crippen LogP contribution is 2.50. The van der Waals surface area contributed by atoms with Crippen LogP contribution in [0.5, 0.6) is 0 Å². The van der Waals surface area contributed by atoms with E-state index in [0.29, 0.717) is 5.92 Å². The van der Waals surface area contributed by atoms with Crippen LogP contribution < -0.4 is 0 Å². The van der Waals surface area contributed by atoms with Gasteiger partial charge in [0.1, 0.15) is 5.78 Å². The molecule has 0 heterocycles. The van der Waals surface area contributed by atoms with Gasteiger partial charge in [-0.25, -0.2) is 0 Å². The van der Waals surface area contributed by atoms with Gasteiger partial charge in [-0.3, -0.25) is 8.98 Å². The fraction of sp³-hybridized carbons (Fsp3) is 0.917. The maximum absolute atomic E-state index is 12.2. The molecule has 5 heteroatoms. The van der Waals surface area contributed by atoms with Crippen molar-refractivity contribution in [3.05, 3.63) is 0 Å². The standard InChI is InChI=1S/C12H18O4S/c1-17(14,15)16-12-9-5-7-2-3-10(12)11(13)8(4-7)6-9/h7-10,12H,2-6H2,1H3. The van der Waals surface area contributed by atoms with Gasteiger partial charge in [-0.1, -0.05) is 0 Å². The molecule has 0 aromatic heterocycles. The summed E-state index contributed by atoms with van der Waals surface area (Å²) in [6, 6.07) is 0. The van der Waals surface area contributed by atoms with Crippen molar-refractivity contribution in [2.45, 2.75) is 38.2 Å². The third kappa shape index (κ3) is 2.03. The molecule has 0 spiro atoms. The number of ketones is 1. The summed E-state index contributed by atoms with van der Waals surface area (Å²) in [4.78, 5) is 12.2. The van der Waals surface area contributed by atoms with E-state index < -0.39 is 10.1 Å². The number of hydrogen-bond acceptors (Lipinski definition) is 4. The molecule has 0 aromatic rings. The maximum Gasteiger partial charge on any atom is 0.264 e. The Bertz CT molecular complexity index is 441. The van der Waals surface area contributed by atoms with E-state index in [2.05, 4.69) is 0 Å². The number of carbonyl (C=O) groups excluding carboxylic acids is 1. The van der Waals surface area contributed by atoms with E-state index in [0.717, 1.165) is 38.4 Å². The van der Waals surface area contributed by atoms with Crippen LogP contribution in [-0.2, 0) is 19.1 Å². The molecule has 5 unspecified atom stereocenters. The van der Waals surface area contributed by atoms with Crippen molar-refractivity contribution in [2.75, 3.05) is 6.26 Å². The molecule has 0 radical (unpaired) electrons. The zero-order valence-corrected chi connectivity index (χ0v) is 10.8. The van der Waals surface area contributed by atoms with Gasteiger partial charge in [0.15, 0.2) is 0 Å². The van der Waals surface area contributed by atoms with Gasteiger partial charge >= 0.3 is 0 Å². The van der Waals surface area contributed by atoms with Crippen LogP contribution in [0.3, 0.4) is 0 Å². The van der Waals surface area contributed by atoms with E-state index in [9.17, 15) is 13.2 Å². The Morgan fingerprint density at radius 2 is 1.94 bits per heavy atom. The van der Waals surface area contributed by atoms with Gasteiger partial charge in [-0.2, -0.15) is 8.42 Å². The Hall–Kier alpha value is -0.420. The van der Waals surface area contributed by atoms with Crippen molar-refractivity contribution in [1.29, 1.82) is 0 Å². The molecule has 0 saturated heterocycles. The van der Waals surface area contributed by atoms with Crippen LogP contribution >= 0.6 is 0 Å². The molecule has 4 saturated carbocycles. The minimum Gasteiger partial charge on any atom is -0.299 e. The second-order valence-electron chi connectivity index (χ2n) is 5.88. The van der Waals surface area contributed by atoms with Crippen molar-refractivity contribution >= 4 is 15.9 Å². The molecular formula is C12H18O4S. The monoisotopic (exact) mass is 258 g/mol. The molecule has 4 aliphatic rings. The van der Waals surface area contributed by atoms with Crippen molar-refractivity contribution in [2.24, 2.45) is 23.7 Å². The zero-order chi connectivity index (χ0) is 12.2. The summed E-state index contributed by atoms with van der Waals surface area (Å²) in [5, 5.41) is 0. The zero-order valence-electron chi connectivity index (χ0n) is 9.96. The van der Waals surface area contributed by atoms with Crippen LogP contribution in [-0.4, -0.2) is 26.6 Å². The first-order valence-corrected chi connectivity index (χ1v) is 8.17. The normalized spacial score (nSPS) is 45.0. The first-order chi connectivity index (χ1) is 7.94. The average molecular weight is 258 g/mol. The number of rotatable bonds is 2. The molecule has 4 nitrogen and oxygen atoms in total. The minimum atomic E-state index is -3.46. The third-order valence-electron chi connectivity index (χ3n) is 4.64. The van der Waals surface area contributed by atoms with Gasteiger partial charge < -0.3 is 0 Å². The van der Waals surface area contributed by atoms with Gasteiger partial charge in [0.2, 0.25) is 0 Å². The molecule has 4 bridgehead atoms. The van der Waals surface area contributed by atoms with Gasteiger partial charge in [0.05, 0.1) is 12.4 Å². The van der Waals surface area contributed by atoms with Crippen molar-refractivity contribution in [3.8, 4) is 0 Å². The second-order valence-corrected chi connectivity index (χ2v) is 7.48. The molecule has 0 amide bonds. The Morgan fingerprint density at radius 1 is 1.18 bits per heavy atom. The summed E-state index contributed by atoms with van der Waals surface area (Å²) < 4.78 is 27.8. The molecule has 4 rings (SSSR count). The fourth-order valence-corrected chi connectivity index (χ4v) is 4.78. The second kappa shape index (κ2) is 3.79. The summed E-state index contributed by atoms with van der Waals surface area (Å²) in [7, 11) is -3.46. The lowest BCUT2D eigenvalue weighted by molar-refractivity contribution is -0.138. The molecule has 17 heavy (non-hydrogen) atoms. The average Bonchev–Trinajstić information content (AvgIpc) is 2.40. The first-order valence-electron chi connectivity index (χ1n) is 6.36. The highest BCUT2D eigenvalue weighted by molar-refractivity contribution is 7.86. The van der Waals surface area contributed by atoms with E-state index in [1.165, 1.54) is 0 Å². The number of fused-ring (bicyclic) bond motifs is 1. The van der Waals surface area contributed by atoms with Crippen LogP contribution in [0.25, 0.3) is 0 Å². The number of carbonyl (C=O) groups is 1. The molecule has 96 valence electrons. The third-order valence-corrected chi connectivity index (χ3v) is 5.21. The first kappa shape index (κ1) is 11.7.